The van der Waals surface area contributed by atoms with E-state index in [1.165, 1.54) is 11.1 Å². The van der Waals surface area contributed by atoms with Crippen molar-refractivity contribution >= 4 is 29.9 Å². The molecule has 3 aromatic rings. The molecule has 0 saturated carbocycles. The van der Waals surface area contributed by atoms with Crippen LogP contribution in [0.5, 0.6) is 5.75 Å². The van der Waals surface area contributed by atoms with Gasteiger partial charge < -0.3 is 19.9 Å². The lowest BCUT2D eigenvalue weighted by atomic mass is 10.1. The van der Waals surface area contributed by atoms with Gasteiger partial charge in [0.1, 0.15) is 24.2 Å². The van der Waals surface area contributed by atoms with E-state index in [1.54, 1.807) is 0 Å². The van der Waals surface area contributed by atoms with Crippen molar-refractivity contribution in [3.05, 3.63) is 77.4 Å². The molecule has 2 aromatic carbocycles. The van der Waals surface area contributed by atoms with Gasteiger partial charge in [0.2, 0.25) is 0 Å². The minimum absolute atomic E-state index is 0. The Kier molecular flexibility index (Phi) is 9.96. The number of ether oxygens (including phenoxy) is 1. The van der Waals surface area contributed by atoms with Gasteiger partial charge in [-0.05, 0) is 51.0 Å². The van der Waals surface area contributed by atoms with Crippen LogP contribution in [0, 0.1) is 13.8 Å². The maximum atomic E-state index is 6.05. The molecule has 0 aliphatic rings. The van der Waals surface area contributed by atoms with E-state index in [0.29, 0.717) is 19.0 Å². The lowest BCUT2D eigenvalue weighted by Gasteiger charge is -2.21. The molecule has 0 aliphatic heterocycles. The SMILES string of the molecule is Cc1cccc(OC(C)CNC(=NCc2nnc(C)n2C)NC(C)c2ccccc2)c1.I. The van der Waals surface area contributed by atoms with Crippen molar-refractivity contribution in [2.75, 3.05) is 6.54 Å². The average Bonchev–Trinajstić information content (AvgIpc) is 3.08. The van der Waals surface area contributed by atoms with Crippen molar-refractivity contribution in [2.24, 2.45) is 12.0 Å². The van der Waals surface area contributed by atoms with Crippen molar-refractivity contribution < 1.29 is 4.74 Å². The van der Waals surface area contributed by atoms with Crippen molar-refractivity contribution in [3.63, 3.8) is 0 Å². The first-order chi connectivity index (χ1) is 14.9. The van der Waals surface area contributed by atoms with Gasteiger partial charge in [0.25, 0.3) is 0 Å². The van der Waals surface area contributed by atoms with Crippen LogP contribution < -0.4 is 15.4 Å². The molecule has 2 N–H and O–H groups in total. The van der Waals surface area contributed by atoms with E-state index >= 15 is 0 Å². The normalized spacial score (nSPS) is 13.1. The van der Waals surface area contributed by atoms with Crippen LogP contribution in [0.2, 0.25) is 0 Å². The number of guanidine groups is 1. The van der Waals surface area contributed by atoms with Crippen molar-refractivity contribution in [1.82, 2.24) is 25.4 Å². The van der Waals surface area contributed by atoms with E-state index in [1.807, 2.05) is 61.9 Å². The molecular formula is C24H33IN6O. The van der Waals surface area contributed by atoms with E-state index in [-0.39, 0.29) is 36.1 Å². The molecular weight excluding hydrogens is 515 g/mol. The lowest BCUT2D eigenvalue weighted by Crippen LogP contribution is -2.42. The van der Waals surface area contributed by atoms with E-state index in [4.69, 9.17) is 9.73 Å². The van der Waals surface area contributed by atoms with Crippen LogP contribution in [0.3, 0.4) is 0 Å². The van der Waals surface area contributed by atoms with Crippen LogP contribution in [0.1, 0.15) is 42.7 Å². The second-order valence-electron chi connectivity index (χ2n) is 7.79. The van der Waals surface area contributed by atoms with Gasteiger partial charge in [-0.2, -0.15) is 0 Å². The molecule has 7 nitrogen and oxygen atoms in total. The first-order valence-electron chi connectivity index (χ1n) is 10.6. The molecule has 3 rings (SSSR count). The highest BCUT2D eigenvalue weighted by Gasteiger charge is 2.11. The topological polar surface area (TPSA) is 76.4 Å². The number of hydrogen-bond acceptors (Lipinski definition) is 4. The lowest BCUT2D eigenvalue weighted by molar-refractivity contribution is 0.223. The summed E-state index contributed by atoms with van der Waals surface area (Å²) in [6.45, 7) is 9.19. The summed E-state index contributed by atoms with van der Waals surface area (Å²) >= 11 is 0. The van der Waals surface area contributed by atoms with Gasteiger partial charge in [-0.25, -0.2) is 4.99 Å². The number of hydrogen-bond donors (Lipinski definition) is 2. The van der Waals surface area contributed by atoms with E-state index < -0.39 is 0 Å². The van der Waals surface area contributed by atoms with Gasteiger partial charge in [-0.1, -0.05) is 42.5 Å². The highest BCUT2D eigenvalue weighted by molar-refractivity contribution is 14.0. The molecule has 0 radical (unpaired) electrons. The van der Waals surface area contributed by atoms with E-state index in [9.17, 15) is 0 Å². The molecule has 8 heteroatoms. The van der Waals surface area contributed by atoms with Crippen molar-refractivity contribution in [1.29, 1.82) is 0 Å². The van der Waals surface area contributed by atoms with Crippen LogP contribution in [-0.2, 0) is 13.6 Å². The molecule has 1 aromatic heterocycles. The summed E-state index contributed by atoms with van der Waals surface area (Å²) in [7, 11) is 1.95. The molecule has 1 heterocycles. The second-order valence-corrected chi connectivity index (χ2v) is 7.79. The largest absolute Gasteiger partial charge is 0.489 e. The highest BCUT2D eigenvalue weighted by atomic mass is 127. The Balaban J connectivity index is 0.00000363. The first kappa shape index (κ1) is 25.6. The number of aliphatic imine (C=N–C) groups is 1. The van der Waals surface area contributed by atoms with Gasteiger partial charge >= 0.3 is 0 Å². The fourth-order valence-electron chi connectivity index (χ4n) is 3.12. The maximum absolute atomic E-state index is 6.05. The summed E-state index contributed by atoms with van der Waals surface area (Å²) in [5.41, 5.74) is 2.37. The molecule has 172 valence electrons. The Hall–Kier alpha value is -2.62. The Morgan fingerprint density at radius 1 is 1.06 bits per heavy atom. The number of rotatable bonds is 8. The first-order valence-corrected chi connectivity index (χ1v) is 10.6. The van der Waals surface area contributed by atoms with Gasteiger partial charge in [0.15, 0.2) is 11.8 Å². The minimum Gasteiger partial charge on any atom is -0.489 e. The summed E-state index contributed by atoms with van der Waals surface area (Å²) in [6, 6.07) is 18.5. The summed E-state index contributed by atoms with van der Waals surface area (Å²) < 4.78 is 8.00. The summed E-state index contributed by atoms with van der Waals surface area (Å²) in [4.78, 5) is 4.74. The van der Waals surface area contributed by atoms with Crippen LogP contribution in [-0.4, -0.2) is 33.4 Å². The predicted octanol–water partition coefficient (Wildman–Crippen LogP) is 4.31. The third-order valence-corrected chi connectivity index (χ3v) is 5.10. The maximum Gasteiger partial charge on any atom is 0.192 e. The number of halogens is 1. The molecule has 32 heavy (non-hydrogen) atoms. The molecule has 2 atom stereocenters. The third kappa shape index (κ3) is 7.51. The molecule has 0 amide bonds. The molecule has 0 bridgehead atoms. The molecule has 0 aliphatic carbocycles. The quantitative estimate of drug-likeness (QED) is 0.249. The fourth-order valence-corrected chi connectivity index (χ4v) is 3.12. The van der Waals surface area contributed by atoms with Crippen molar-refractivity contribution in [3.8, 4) is 5.75 Å². The van der Waals surface area contributed by atoms with Crippen LogP contribution in [0.4, 0.5) is 0 Å². The average molecular weight is 548 g/mol. The Labute approximate surface area is 207 Å². The summed E-state index contributed by atoms with van der Waals surface area (Å²) in [5, 5.41) is 15.2. The standard InChI is InChI=1S/C24H32N6O.HI/c1-17-10-9-13-22(14-17)31-18(2)15-25-24(26-16-23-29-28-20(4)30(23)5)27-19(3)21-11-7-6-8-12-21;/h6-14,18-19H,15-16H2,1-5H3,(H2,25,26,27);1H. The van der Waals surface area contributed by atoms with Gasteiger partial charge in [0, 0.05) is 7.05 Å². The summed E-state index contributed by atoms with van der Waals surface area (Å²) in [5.74, 6) is 3.25. The zero-order chi connectivity index (χ0) is 22.2. The Bertz CT molecular complexity index is 1000. The third-order valence-electron chi connectivity index (χ3n) is 5.10. The minimum atomic E-state index is -0.0297. The predicted molar refractivity (Wildman–Crippen MR) is 140 cm³/mol. The van der Waals surface area contributed by atoms with Gasteiger partial charge in [-0.15, -0.1) is 34.2 Å². The Morgan fingerprint density at radius 3 is 2.47 bits per heavy atom. The number of aryl methyl sites for hydroxylation is 2. The van der Waals surface area contributed by atoms with Crippen LogP contribution in [0.15, 0.2) is 59.6 Å². The van der Waals surface area contributed by atoms with E-state index in [2.05, 4.69) is 52.9 Å². The molecule has 0 spiro atoms. The highest BCUT2D eigenvalue weighted by Crippen LogP contribution is 2.14. The number of nitrogens with one attached hydrogen (secondary N) is 2. The number of nitrogens with zero attached hydrogens (tertiary/aromatic N) is 4. The second kappa shape index (κ2) is 12.4. The smallest absolute Gasteiger partial charge is 0.192 e. The number of benzene rings is 2. The monoisotopic (exact) mass is 548 g/mol. The number of aromatic nitrogens is 3. The Morgan fingerprint density at radius 2 is 1.81 bits per heavy atom. The van der Waals surface area contributed by atoms with Crippen LogP contribution >= 0.6 is 24.0 Å². The van der Waals surface area contributed by atoms with Crippen molar-refractivity contribution in [2.45, 2.75) is 46.4 Å². The molecule has 0 fully saturated rings. The molecule has 0 saturated heterocycles. The zero-order valence-corrected chi connectivity index (χ0v) is 21.7. The van der Waals surface area contributed by atoms with E-state index in [0.717, 1.165) is 17.4 Å². The fraction of sp³-hybridized carbons (Fsp3) is 0.375. The van der Waals surface area contributed by atoms with Gasteiger partial charge in [0.05, 0.1) is 12.6 Å². The van der Waals surface area contributed by atoms with Crippen LogP contribution in [0.25, 0.3) is 0 Å². The van der Waals surface area contributed by atoms with Gasteiger partial charge in [-0.3, -0.25) is 0 Å². The zero-order valence-electron chi connectivity index (χ0n) is 19.4. The molecule has 2 unspecified atom stereocenters. The summed E-state index contributed by atoms with van der Waals surface area (Å²) in [6.07, 6.45) is -0.0297.